The van der Waals surface area contributed by atoms with Crippen molar-refractivity contribution in [3.05, 3.63) is 59.7 Å². The molecule has 1 unspecified atom stereocenters. The van der Waals surface area contributed by atoms with Gasteiger partial charge in [-0.15, -0.1) is 0 Å². The van der Waals surface area contributed by atoms with E-state index in [2.05, 4.69) is 35.3 Å². The van der Waals surface area contributed by atoms with Gasteiger partial charge in [0.25, 0.3) is 5.91 Å². The van der Waals surface area contributed by atoms with Gasteiger partial charge in [0.2, 0.25) is 0 Å². The van der Waals surface area contributed by atoms with Gasteiger partial charge < -0.3 is 15.3 Å². The van der Waals surface area contributed by atoms with E-state index in [0.29, 0.717) is 18.0 Å². The number of aryl methyl sites for hydroxylation is 1. The van der Waals surface area contributed by atoms with Gasteiger partial charge in [0.15, 0.2) is 0 Å². The zero-order valence-electron chi connectivity index (χ0n) is 16.2. The predicted molar refractivity (Wildman–Crippen MR) is 110 cm³/mol. The third-order valence-electron chi connectivity index (χ3n) is 5.27. The molecule has 1 atom stereocenters. The Hall–Kier alpha value is -2.17. The van der Waals surface area contributed by atoms with Crippen LogP contribution in [0.2, 0.25) is 0 Å². The summed E-state index contributed by atoms with van der Waals surface area (Å²) in [7, 11) is 0. The number of amides is 1. The molecular weight excluding hydrogens is 336 g/mol. The highest BCUT2D eigenvalue weighted by Crippen LogP contribution is 2.21. The van der Waals surface area contributed by atoms with Crippen LogP contribution in [0.25, 0.3) is 11.1 Å². The summed E-state index contributed by atoms with van der Waals surface area (Å²) in [4.78, 5) is 14.9. The number of piperidine rings is 1. The first-order chi connectivity index (χ1) is 13.2. The van der Waals surface area contributed by atoms with Crippen molar-refractivity contribution in [3.8, 4) is 11.1 Å². The minimum Gasteiger partial charge on any atom is -0.396 e. The lowest BCUT2D eigenvalue weighted by atomic mass is 9.99. The first kappa shape index (κ1) is 19.6. The van der Waals surface area contributed by atoms with Gasteiger partial charge in [-0.2, -0.15) is 0 Å². The standard InChI is InChI=1S/C23H30N2O2/c1-18-6-2-8-20(14-18)21-9-3-10-22(15-21)23(27)24-11-5-13-25-12-4-7-19(16-25)17-26/h2-3,6,8-10,14-15,19,26H,4-5,7,11-13,16-17H2,1H3,(H,24,27). The van der Waals surface area contributed by atoms with Crippen molar-refractivity contribution in [1.82, 2.24) is 10.2 Å². The Bertz CT molecular complexity index is 760. The molecule has 144 valence electrons. The topological polar surface area (TPSA) is 52.6 Å². The van der Waals surface area contributed by atoms with Crippen LogP contribution in [0, 0.1) is 12.8 Å². The number of hydrogen-bond acceptors (Lipinski definition) is 3. The van der Waals surface area contributed by atoms with Gasteiger partial charge in [-0.1, -0.05) is 42.0 Å². The van der Waals surface area contributed by atoms with Crippen molar-refractivity contribution in [1.29, 1.82) is 0 Å². The molecule has 3 rings (SSSR count). The van der Waals surface area contributed by atoms with E-state index in [1.54, 1.807) is 0 Å². The summed E-state index contributed by atoms with van der Waals surface area (Å²) in [5.74, 6) is 0.397. The minimum atomic E-state index is -0.0172. The van der Waals surface area contributed by atoms with Crippen LogP contribution < -0.4 is 5.32 Å². The third kappa shape index (κ3) is 5.65. The predicted octanol–water partition coefficient (Wildman–Crippen LogP) is 3.49. The largest absolute Gasteiger partial charge is 0.396 e. The van der Waals surface area contributed by atoms with E-state index in [0.717, 1.165) is 50.0 Å². The molecule has 2 aromatic rings. The number of nitrogens with zero attached hydrogens (tertiary/aromatic N) is 1. The van der Waals surface area contributed by atoms with Crippen LogP contribution in [0.4, 0.5) is 0 Å². The number of aliphatic hydroxyl groups is 1. The van der Waals surface area contributed by atoms with Crippen molar-refractivity contribution in [2.24, 2.45) is 5.92 Å². The molecule has 1 saturated heterocycles. The van der Waals surface area contributed by atoms with E-state index < -0.39 is 0 Å². The van der Waals surface area contributed by atoms with Gasteiger partial charge >= 0.3 is 0 Å². The number of likely N-dealkylation sites (tertiary alicyclic amines) is 1. The van der Waals surface area contributed by atoms with E-state index in [-0.39, 0.29) is 12.5 Å². The number of carbonyl (C=O) groups excluding carboxylic acids is 1. The van der Waals surface area contributed by atoms with Crippen molar-refractivity contribution in [2.75, 3.05) is 32.8 Å². The number of aliphatic hydroxyl groups excluding tert-OH is 1. The maximum absolute atomic E-state index is 12.5. The van der Waals surface area contributed by atoms with E-state index in [9.17, 15) is 9.90 Å². The van der Waals surface area contributed by atoms with Gasteiger partial charge in [0.05, 0.1) is 0 Å². The zero-order valence-corrected chi connectivity index (χ0v) is 16.2. The second kappa shape index (κ2) is 9.67. The molecule has 4 nitrogen and oxygen atoms in total. The SMILES string of the molecule is Cc1cccc(-c2cccc(C(=O)NCCCN3CCCC(CO)C3)c2)c1. The molecule has 0 saturated carbocycles. The Morgan fingerprint density at radius 2 is 1.96 bits per heavy atom. The Balaban J connectivity index is 1.49. The molecule has 0 aromatic heterocycles. The smallest absolute Gasteiger partial charge is 0.251 e. The highest BCUT2D eigenvalue weighted by molar-refractivity contribution is 5.95. The number of hydrogen-bond donors (Lipinski definition) is 2. The highest BCUT2D eigenvalue weighted by atomic mass is 16.3. The van der Waals surface area contributed by atoms with Crippen LogP contribution in [0.1, 0.15) is 35.2 Å². The third-order valence-corrected chi connectivity index (χ3v) is 5.27. The van der Waals surface area contributed by atoms with Crippen molar-refractivity contribution < 1.29 is 9.90 Å². The van der Waals surface area contributed by atoms with Crippen molar-refractivity contribution in [3.63, 3.8) is 0 Å². The monoisotopic (exact) mass is 366 g/mol. The normalized spacial score (nSPS) is 17.6. The lowest BCUT2D eigenvalue weighted by Gasteiger charge is -2.31. The first-order valence-corrected chi connectivity index (χ1v) is 9.94. The molecule has 4 heteroatoms. The molecule has 0 spiro atoms. The zero-order chi connectivity index (χ0) is 19.1. The molecule has 2 aromatic carbocycles. The second-order valence-corrected chi connectivity index (χ2v) is 7.55. The molecule has 1 heterocycles. The van der Waals surface area contributed by atoms with Crippen LogP contribution in [0.15, 0.2) is 48.5 Å². The fourth-order valence-corrected chi connectivity index (χ4v) is 3.77. The maximum Gasteiger partial charge on any atom is 0.251 e. The van der Waals surface area contributed by atoms with E-state index in [4.69, 9.17) is 0 Å². The molecule has 1 amide bonds. The molecule has 2 N–H and O–H groups in total. The highest BCUT2D eigenvalue weighted by Gasteiger charge is 2.18. The summed E-state index contributed by atoms with van der Waals surface area (Å²) in [6.07, 6.45) is 3.21. The average Bonchev–Trinajstić information content (AvgIpc) is 2.71. The van der Waals surface area contributed by atoms with Crippen LogP contribution in [0.5, 0.6) is 0 Å². The quantitative estimate of drug-likeness (QED) is 0.738. The summed E-state index contributed by atoms with van der Waals surface area (Å²) in [5.41, 5.74) is 4.11. The van der Waals surface area contributed by atoms with E-state index >= 15 is 0 Å². The average molecular weight is 367 g/mol. The fourth-order valence-electron chi connectivity index (χ4n) is 3.77. The van der Waals surface area contributed by atoms with Gasteiger partial charge in [-0.25, -0.2) is 0 Å². The number of carbonyl (C=O) groups is 1. The Morgan fingerprint density at radius 1 is 1.19 bits per heavy atom. The Kier molecular flexibility index (Phi) is 7.02. The molecule has 1 fully saturated rings. The first-order valence-electron chi connectivity index (χ1n) is 9.94. The summed E-state index contributed by atoms with van der Waals surface area (Å²) in [5, 5.41) is 12.4. The maximum atomic E-state index is 12.5. The summed E-state index contributed by atoms with van der Waals surface area (Å²) in [6, 6.07) is 16.1. The minimum absolute atomic E-state index is 0.0172. The molecule has 27 heavy (non-hydrogen) atoms. The molecular formula is C23H30N2O2. The molecule has 0 bridgehead atoms. The van der Waals surface area contributed by atoms with Gasteiger partial charge in [0, 0.05) is 25.3 Å². The molecule has 0 radical (unpaired) electrons. The van der Waals surface area contributed by atoms with Gasteiger partial charge in [-0.05, 0) is 68.5 Å². The van der Waals surface area contributed by atoms with Crippen LogP contribution in [-0.4, -0.2) is 48.7 Å². The van der Waals surface area contributed by atoms with Crippen LogP contribution >= 0.6 is 0 Å². The number of nitrogens with one attached hydrogen (secondary N) is 1. The van der Waals surface area contributed by atoms with E-state index in [1.807, 2.05) is 30.3 Å². The Labute approximate surface area is 162 Å². The van der Waals surface area contributed by atoms with Crippen LogP contribution in [-0.2, 0) is 0 Å². The van der Waals surface area contributed by atoms with Crippen molar-refractivity contribution >= 4 is 5.91 Å². The van der Waals surface area contributed by atoms with Gasteiger partial charge in [0.1, 0.15) is 0 Å². The van der Waals surface area contributed by atoms with Crippen LogP contribution in [0.3, 0.4) is 0 Å². The number of benzene rings is 2. The molecule has 1 aliphatic rings. The lowest BCUT2D eigenvalue weighted by molar-refractivity contribution is 0.0946. The fraction of sp³-hybridized carbons (Fsp3) is 0.435. The molecule has 1 aliphatic heterocycles. The Morgan fingerprint density at radius 3 is 2.74 bits per heavy atom. The number of rotatable bonds is 7. The second-order valence-electron chi connectivity index (χ2n) is 7.55. The van der Waals surface area contributed by atoms with Crippen molar-refractivity contribution in [2.45, 2.75) is 26.2 Å². The van der Waals surface area contributed by atoms with E-state index in [1.165, 1.54) is 5.56 Å². The summed E-state index contributed by atoms with van der Waals surface area (Å²) >= 11 is 0. The lowest BCUT2D eigenvalue weighted by Crippen LogP contribution is -2.38. The molecule has 0 aliphatic carbocycles. The summed E-state index contributed by atoms with van der Waals surface area (Å²) in [6.45, 7) is 6.08. The van der Waals surface area contributed by atoms with Gasteiger partial charge in [-0.3, -0.25) is 4.79 Å². The summed E-state index contributed by atoms with van der Waals surface area (Å²) < 4.78 is 0.